The Hall–Kier alpha value is -0.270. The summed E-state index contributed by atoms with van der Waals surface area (Å²) in [7, 11) is -3.46. The fourth-order valence-corrected chi connectivity index (χ4v) is 1.39. The number of hydrogen-bond donors (Lipinski definition) is 2. The minimum atomic E-state index is -3.46. The standard InChI is InChI=1S/C6H14N2O3S2/c1-12-4-2-6(9)8-3-5-13(7,10)11/h2-5H2,1H3,(H,8,9)(H2,7,10,11). The summed E-state index contributed by atoms with van der Waals surface area (Å²) in [6, 6.07) is 0. The van der Waals surface area contributed by atoms with Crippen molar-refractivity contribution < 1.29 is 13.2 Å². The molecule has 0 aliphatic carbocycles. The molecule has 13 heavy (non-hydrogen) atoms. The fraction of sp³-hybridized carbons (Fsp3) is 0.833. The van der Waals surface area contributed by atoms with Gasteiger partial charge in [-0.25, -0.2) is 13.6 Å². The van der Waals surface area contributed by atoms with Crippen LogP contribution in [0.4, 0.5) is 0 Å². The maximum absolute atomic E-state index is 10.9. The molecule has 0 spiro atoms. The van der Waals surface area contributed by atoms with E-state index in [0.29, 0.717) is 6.42 Å². The number of primary sulfonamides is 1. The lowest BCUT2D eigenvalue weighted by molar-refractivity contribution is -0.120. The van der Waals surface area contributed by atoms with E-state index in [0.717, 1.165) is 5.75 Å². The van der Waals surface area contributed by atoms with Crippen molar-refractivity contribution in [2.75, 3.05) is 24.3 Å². The van der Waals surface area contributed by atoms with E-state index >= 15 is 0 Å². The highest BCUT2D eigenvalue weighted by molar-refractivity contribution is 7.98. The highest BCUT2D eigenvalue weighted by Crippen LogP contribution is 1.94. The summed E-state index contributed by atoms with van der Waals surface area (Å²) in [6.07, 6.45) is 2.31. The number of nitrogens with one attached hydrogen (secondary N) is 1. The van der Waals surface area contributed by atoms with E-state index in [-0.39, 0.29) is 18.2 Å². The fourth-order valence-electron chi connectivity index (χ4n) is 0.616. The van der Waals surface area contributed by atoms with Crippen LogP contribution in [0.5, 0.6) is 0 Å². The molecule has 0 saturated carbocycles. The molecule has 0 aromatic heterocycles. The van der Waals surface area contributed by atoms with Crippen molar-refractivity contribution in [1.29, 1.82) is 0 Å². The van der Waals surface area contributed by atoms with E-state index in [2.05, 4.69) is 5.32 Å². The van der Waals surface area contributed by atoms with Gasteiger partial charge >= 0.3 is 0 Å². The zero-order chi connectivity index (χ0) is 10.3. The molecule has 0 saturated heterocycles. The van der Waals surface area contributed by atoms with Gasteiger partial charge in [0.2, 0.25) is 15.9 Å². The minimum Gasteiger partial charge on any atom is -0.355 e. The highest BCUT2D eigenvalue weighted by Gasteiger charge is 2.04. The Morgan fingerprint density at radius 2 is 2.15 bits per heavy atom. The Bertz CT molecular complexity index is 251. The first-order valence-corrected chi connectivity index (χ1v) is 6.83. The summed E-state index contributed by atoms with van der Waals surface area (Å²) in [6.45, 7) is 0.0893. The topological polar surface area (TPSA) is 89.3 Å². The molecule has 0 atom stereocenters. The second-order valence-electron chi connectivity index (χ2n) is 2.46. The number of amides is 1. The summed E-state index contributed by atoms with van der Waals surface area (Å²) < 4.78 is 20.9. The van der Waals surface area contributed by atoms with Crippen LogP contribution in [0.1, 0.15) is 6.42 Å². The lowest BCUT2D eigenvalue weighted by atomic mass is 10.4. The van der Waals surface area contributed by atoms with Crippen molar-refractivity contribution in [3.8, 4) is 0 Å². The average molecular weight is 226 g/mol. The number of carbonyl (C=O) groups excluding carboxylic acids is 1. The second-order valence-corrected chi connectivity index (χ2v) is 5.18. The number of hydrogen-bond acceptors (Lipinski definition) is 4. The van der Waals surface area contributed by atoms with Crippen molar-refractivity contribution in [2.24, 2.45) is 5.14 Å². The molecule has 0 unspecified atom stereocenters. The SMILES string of the molecule is CSCCC(=O)NCCS(N)(=O)=O. The van der Waals surface area contributed by atoms with Gasteiger partial charge in [0.05, 0.1) is 5.75 Å². The molecule has 0 fully saturated rings. The lowest BCUT2D eigenvalue weighted by Gasteiger charge is -2.02. The van der Waals surface area contributed by atoms with Crippen molar-refractivity contribution >= 4 is 27.7 Å². The van der Waals surface area contributed by atoms with Gasteiger partial charge in [-0.1, -0.05) is 0 Å². The lowest BCUT2D eigenvalue weighted by Crippen LogP contribution is -2.31. The van der Waals surface area contributed by atoms with E-state index in [1.807, 2.05) is 6.26 Å². The number of carbonyl (C=O) groups is 1. The van der Waals surface area contributed by atoms with E-state index in [1.165, 1.54) is 0 Å². The highest BCUT2D eigenvalue weighted by atomic mass is 32.2. The van der Waals surface area contributed by atoms with Crippen molar-refractivity contribution in [1.82, 2.24) is 5.32 Å². The first-order valence-electron chi connectivity index (χ1n) is 3.72. The third-order valence-electron chi connectivity index (χ3n) is 1.24. The zero-order valence-corrected chi connectivity index (χ0v) is 9.08. The Kier molecular flexibility index (Phi) is 6.10. The molecule has 0 rings (SSSR count). The van der Waals surface area contributed by atoms with Crippen molar-refractivity contribution in [3.63, 3.8) is 0 Å². The molecule has 0 bridgehead atoms. The van der Waals surface area contributed by atoms with Gasteiger partial charge in [0.15, 0.2) is 0 Å². The van der Waals surface area contributed by atoms with Gasteiger partial charge in [-0.15, -0.1) is 0 Å². The maximum atomic E-state index is 10.9. The van der Waals surface area contributed by atoms with Crippen molar-refractivity contribution in [2.45, 2.75) is 6.42 Å². The van der Waals surface area contributed by atoms with E-state index in [9.17, 15) is 13.2 Å². The normalized spacial score (nSPS) is 11.2. The first-order chi connectivity index (χ1) is 5.95. The molecule has 5 nitrogen and oxygen atoms in total. The van der Waals surface area contributed by atoms with Gasteiger partial charge in [-0.05, 0) is 6.26 Å². The molecule has 0 heterocycles. The largest absolute Gasteiger partial charge is 0.355 e. The maximum Gasteiger partial charge on any atom is 0.220 e. The molecule has 0 radical (unpaired) electrons. The quantitative estimate of drug-likeness (QED) is 0.617. The third kappa shape index (κ3) is 9.65. The molecular weight excluding hydrogens is 212 g/mol. The summed E-state index contributed by atoms with van der Waals surface area (Å²) in [5.74, 6) is 0.386. The van der Waals surface area contributed by atoms with Crippen LogP contribution in [-0.4, -0.2) is 38.6 Å². The smallest absolute Gasteiger partial charge is 0.220 e. The summed E-state index contributed by atoms with van der Waals surface area (Å²) in [5.41, 5.74) is 0. The number of rotatable bonds is 6. The monoisotopic (exact) mass is 226 g/mol. The van der Waals surface area contributed by atoms with Crippen LogP contribution >= 0.6 is 11.8 Å². The number of thioether (sulfide) groups is 1. The summed E-state index contributed by atoms with van der Waals surface area (Å²) in [5, 5.41) is 7.20. The number of nitrogens with two attached hydrogens (primary N) is 1. The van der Waals surface area contributed by atoms with Gasteiger partial charge < -0.3 is 5.32 Å². The second kappa shape index (κ2) is 6.22. The molecule has 1 amide bonds. The van der Waals surface area contributed by atoms with Crippen LogP contribution in [-0.2, 0) is 14.8 Å². The Labute approximate surface area is 82.5 Å². The van der Waals surface area contributed by atoms with Crippen LogP contribution in [0.25, 0.3) is 0 Å². The molecule has 0 aromatic carbocycles. The van der Waals surface area contributed by atoms with Gasteiger partial charge in [-0.2, -0.15) is 11.8 Å². The molecule has 0 aliphatic rings. The Balaban J connectivity index is 3.49. The van der Waals surface area contributed by atoms with Gasteiger partial charge in [0.1, 0.15) is 0 Å². The Morgan fingerprint density at radius 1 is 1.54 bits per heavy atom. The van der Waals surface area contributed by atoms with Crippen LogP contribution in [0.2, 0.25) is 0 Å². The van der Waals surface area contributed by atoms with E-state index < -0.39 is 10.0 Å². The predicted molar refractivity (Wildman–Crippen MR) is 54.0 cm³/mol. The van der Waals surface area contributed by atoms with E-state index in [4.69, 9.17) is 5.14 Å². The van der Waals surface area contributed by atoms with Crippen LogP contribution < -0.4 is 10.5 Å². The molecule has 0 aromatic rings. The van der Waals surface area contributed by atoms with Gasteiger partial charge in [-0.3, -0.25) is 4.79 Å². The van der Waals surface area contributed by atoms with E-state index in [1.54, 1.807) is 11.8 Å². The van der Waals surface area contributed by atoms with Crippen LogP contribution in [0.15, 0.2) is 0 Å². The third-order valence-corrected chi connectivity index (χ3v) is 2.63. The predicted octanol–water partition coefficient (Wildman–Crippen LogP) is -0.856. The minimum absolute atomic E-state index is 0.0893. The summed E-state index contributed by atoms with van der Waals surface area (Å²) in [4.78, 5) is 10.9. The molecule has 78 valence electrons. The molecule has 0 aliphatic heterocycles. The van der Waals surface area contributed by atoms with Crippen LogP contribution in [0, 0.1) is 0 Å². The summed E-state index contributed by atoms with van der Waals surface area (Å²) >= 11 is 1.57. The van der Waals surface area contributed by atoms with Gasteiger partial charge in [0.25, 0.3) is 0 Å². The van der Waals surface area contributed by atoms with Crippen molar-refractivity contribution in [3.05, 3.63) is 0 Å². The zero-order valence-electron chi connectivity index (χ0n) is 7.45. The first kappa shape index (κ1) is 12.7. The van der Waals surface area contributed by atoms with Crippen LogP contribution in [0.3, 0.4) is 0 Å². The molecule has 7 heteroatoms. The molecular formula is C6H14N2O3S2. The Morgan fingerprint density at radius 3 is 2.62 bits per heavy atom. The average Bonchev–Trinajstić information content (AvgIpc) is 1.98. The molecule has 3 N–H and O–H groups in total. The van der Waals surface area contributed by atoms with Gasteiger partial charge in [0, 0.05) is 18.7 Å². The number of sulfonamides is 1.